The Kier molecular flexibility index (Phi) is 6.57. The average Bonchev–Trinajstić information content (AvgIpc) is 2.45. The molecule has 0 unspecified atom stereocenters. The summed E-state index contributed by atoms with van der Waals surface area (Å²) in [7, 11) is 0. The first-order valence-corrected chi connectivity index (χ1v) is 6.59. The first-order valence-electron chi connectivity index (χ1n) is 6.59. The molecule has 0 saturated carbocycles. The maximum atomic E-state index is 11.5. The van der Waals surface area contributed by atoms with Crippen LogP contribution < -0.4 is 10.1 Å². The molecule has 0 spiro atoms. The molecule has 1 atom stereocenters. The molecular weight excluding hydrogens is 288 g/mol. The third-order valence-corrected chi connectivity index (χ3v) is 2.72. The molecule has 1 aromatic rings. The van der Waals surface area contributed by atoms with Crippen LogP contribution in [0.3, 0.4) is 0 Å². The lowest BCUT2D eigenvalue weighted by molar-refractivity contribution is -0.141. The second kappa shape index (κ2) is 8.42. The summed E-state index contributed by atoms with van der Waals surface area (Å²) in [6, 6.07) is 7.08. The van der Waals surface area contributed by atoms with Gasteiger partial charge in [0.05, 0.1) is 6.07 Å². The average molecular weight is 304 g/mol. The maximum absolute atomic E-state index is 11.5. The normalized spacial score (nSPS) is 11.1. The Morgan fingerprint density at radius 2 is 1.95 bits per heavy atom. The van der Waals surface area contributed by atoms with Crippen molar-refractivity contribution < 1.29 is 24.2 Å². The van der Waals surface area contributed by atoms with Gasteiger partial charge in [0, 0.05) is 26.2 Å². The number of carbonyl (C=O) groups excluding carboxylic acids is 2. The summed E-state index contributed by atoms with van der Waals surface area (Å²) in [5, 5.41) is 19.9. The van der Waals surface area contributed by atoms with Crippen LogP contribution in [-0.2, 0) is 20.8 Å². The predicted molar refractivity (Wildman–Crippen MR) is 75.9 cm³/mol. The number of carboxylic acid groups (broad SMARTS) is 1. The zero-order valence-corrected chi connectivity index (χ0v) is 12.0. The lowest BCUT2D eigenvalue weighted by Crippen LogP contribution is -2.42. The minimum absolute atomic E-state index is 0.0360. The van der Waals surface area contributed by atoms with Gasteiger partial charge in [-0.1, -0.05) is 12.1 Å². The van der Waals surface area contributed by atoms with Crippen LogP contribution in [0.25, 0.3) is 0 Å². The SMILES string of the molecule is CC(=O)Oc1ccc(C[C@H](NC(=O)CCC#N)C(=O)O)cc1. The van der Waals surface area contributed by atoms with Gasteiger partial charge in [-0.2, -0.15) is 5.26 Å². The number of benzene rings is 1. The Morgan fingerprint density at radius 3 is 2.45 bits per heavy atom. The van der Waals surface area contributed by atoms with Gasteiger partial charge >= 0.3 is 11.9 Å². The molecule has 0 aliphatic rings. The van der Waals surface area contributed by atoms with Gasteiger partial charge in [0.25, 0.3) is 0 Å². The van der Waals surface area contributed by atoms with E-state index in [1.54, 1.807) is 24.3 Å². The zero-order valence-electron chi connectivity index (χ0n) is 12.0. The number of ether oxygens (including phenoxy) is 1. The Balaban J connectivity index is 2.67. The van der Waals surface area contributed by atoms with Gasteiger partial charge < -0.3 is 15.2 Å². The number of carboxylic acids is 1. The Bertz CT molecular complexity index is 589. The highest BCUT2D eigenvalue weighted by molar-refractivity contribution is 5.83. The molecule has 1 rings (SSSR count). The molecule has 7 heteroatoms. The summed E-state index contributed by atoms with van der Waals surface area (Å²) in [6.07, 6.45) is 0.0922. The van der Waals surface area contributed by atoms with E-state index in [0.717, 1.165) is 0 Å². The van der Waals surface area contributed by atoms with Crippen molar-refractivity contribution in [2.24, 2.45) is 0 Å². The van der Waals surface area contributed by atoms with E-state index in [0.29, 0.717) is 11.3 Å². The van der Waals surface area contributed by atoms with Crippen molar-refractivity contribution in [1.82, 2.24) is 5.32 Å². The van der Waals surface area contributed by atoms with Crippen LogP contribution in [0.4, 0.5) is 0 Å². The van der Waals surface area contributed by atoms with E-state index in [1.807, 2.05) is 6.07 Å². The number of nitrogens with zero attached hydrogens (tertiary/aromatic N) is 1. The van der Waals surface area contributed by atoms with Gasteiger partial charge in [-0.05, 0) is 17.7 Å². The lowest BCUT2D eigenvalue weighted by atomic mass is 10.1. The Morgan fingerprint density at radius 1 is 1.32 bits per heavy atom. The second-order valence-electron chi connectivity index (χ2n) is 4.56. The Labute approximate surface area is 127 Å². The molecule has 0 heterocycles. The molecule has 0 fully saturated rings. The molecule has 0 bridgehead atoms. The van der Waals surface area contributed by atoms with E-state index in [9.17, 15) is 14.4 Å². The lowest BCUT2D eigenvalue weighted by Gasteiger charge is -2.14. The number of rotatable bonds is 7. The van der Waals surface area contributed by atoms with Crippen molar-refractivity contribution in [2.45, 2.75) is 32.2 Å². The fourth-order valence-electron chi connectivity index (χ4n) is 1.73. The van der Waals surface area contributed by atoms with Crippen molar-refractivity contribution in [3.8, 4) is 11.8 Å². The summed E-state index contributed by atoms with van der Waals surface area (Å²) in [5.41, 5.74) is 0.670. The van der Waals surface area contributed by atoms with Crippen molar-refractivity contribution in [3.05, 3.63) is 29.8 Å². The molecule has 0 saturated heterocycles. The minimum Gasteiger partial charge on any atom is -0.480 e. The molecule has 0 radical (unpaired) electrons. The summed E-state index contributed by atoms with van der Waals surface area (Å²) in [6.45, 7) is 1.28. The third kappa shape index (κ3) is 6.05. The largest absolute Gasteiger partial charge is 0.480 e. The van der Waals surface area contributed by atoms with Gasteiger partial charge in [0.2, 0.25) is 5.91 Å². The summed E-state index contributed by atoms with van der Waals surface area (Å²) < 4.78 is 4.87. The predicted octanol–water partition coefficient (Wildman–Crippen LogP) is 1.03. The molecule has 0 aromatic heterocycles. The van der Waals surface area contributed by atoms with Gasteiger partial charge in [-0.15, -0.1) is 0 Å². The van der Waals surface area contributed by atoms with E-state index >= 15 is 0 Å². The van der Waals surface area contributed by atoms with Crippen molar-refractivity contribution in [3.63, 3.8) is 0 Å². The number of aliphatic carboxylic acids is 1. The summed E-state index contributed by atoms with van der Waals surface area (Å²) in [5.74, 6) is -1.72. The summed E-state index contributed by atoms with van der Waals surface area (Å²) in [4.78, 5) is 33.5. The number of nitrogens with one attached hydrogen (secondary N) is 1. The number of amides is 1. The number of hydrogen-bond donors (Lipinski definition) is 2. The molecule has 116 valence electrons. The van der Waals surface area contributed by atoms with Crippen LogP contribution in [0.2, 0.25) is 0 Å². The van der Waals surface area contributed by atoms with Crippen LogP contribution in [0.15, 0.2) is 24.3 Å². The molecule has 0 aliphatic heterocycles. The number of hydrogen-bond acceptors (Lipinski definition) is 5. The summed E-state index contributed by atoms with van der Waals surface area (Å²) >= 11 is 0. The first kappa shape index (κ1) is 17.2. The van der Waals surface area contributed by atoms with Crippen molar-refractivity contribution in [2.75, 3.05) is 0 Å². The molecule has 1 amide bonds. The highest BCUT2D eigenvalue weighted by atomic mass is 16.5. The van der Waals surface area contributed by atoms with E-state index in [-0.39, 0.29) is 19.3 Å². The van der Waals surface area contributed by atoms with Crippen LogP contribution in [0, 0.1) is 11.3 Å². The smallest absolute Gasteiger partial charge is 0.326 e. The molecule has 1 aromatic carbocycles. The van der Waals surface area contributed by atoms with E-state index in [2.05, 4.69) is 5.32 Å². The van der Waals surface area contributed by atoms with Crippen LogP contribution in [0.1, 0.15) is 25.3 Å². The van der Waals surface area contributed by atoms with E-state index in [1.165, 1.54) is 6.92 Å². The van der Waals surface area contributed by atoms with E-state index < -0.39 is 23.9 Å². The van der Waals surface area contributed by atoms with Crippen LogP contribution in [-0.4, -0.2) is 29.0 Å². The minimum atomic E-state index is -1.16. The number of esters is 1. The van der Waals surface area contributed by atoms with Gasteiger partial charge in [0.1, 0.15) is 11.8 Å². The second-order valence-corrected chi connectivity index (χ2v) is 4.56. The van der Waals surface area contributed by atoms with Crippen molar-refractivity contribution >= 4 is 17.8 Å². The molecule has 7 nitrogen and oxygen atoms in total. The van der Waals surface area contributed by atoms with Crippen molar-refractivity contribution in [1.29, 1.82) is 5.26 Å². The highest BCUT2D eigenvalue weighted by Gasteiger charge is 2.20. The monoisotopic (exact) mass is 304 g/mol. The quantitative estimate of drug-likeness (QED) is 0.574. The van der Waals surface area contributed by atoms with Gasteiger partial charge in [0.15, 0.2) is 0 Å². The molecule has 0 aliphatic carbocycles. The fraction of sp³-hybridized carbons (Fsp3) is 0.333. The van der Waals surface area contributed by atoms with Crippen LogP contribution >= 0.6 is 0 Å². The molecular formula is C15H16N2O5. The number of carbonyl (C=O) groups is 3. The standard InChI is InChI=1S/C15H16N2O5/c1-10(18)22-12-6-4-11(5-7-12)9-13(15(20)21)17-14(19)3-2-8-16/h4-7,13H,2-3,9H2,1H3,(H,17,19)(H,20,21)/t13-/m0/s1. The Hall–Kier alpha value is -2.88. The maximum Gasteiger partial charge on any atom is 0.326 e. The third-order valence-electron chi connectivity index (χ3n) is 2.72. The number of nitriles is 1. The zero-order chi connectivity index (χ0) is 16.5. The molecule has 22 heavy (non-hydrogen) atoms. The topological polar surface area (TPSA) is 116 Å². The first-order chi connectivity index (χ1) is 10.4. The molecule has 2 N–H and O–H groups in total. The highest BCUT2D eigenvalue weighted by Crippen LogP contribution is 2.14. The fourth-order valence-corrected chi connectivity index (χ4v) is 1.73. The van der Waals surface area contributed by atoms with E-state index in [4.69, 9.17) is 15.1 Å². The van der Waals surface area contributed by atoms with Gasteiger partial charge in [-0.3, -0.25) is 9.59 Å². The van der Waals surface area contributed by atoms with Crippen LogP contribution in [0.5, 0.6) is 5.75 Å². The van der Waals surface area contributed by atoms with Gasteiger partial charge in [-0.25, -0.2) is 4.79 Å².